The molecule has 5 nitrogen and oxygen atoms in total. The zero-order chi connectivity index (χ0) is 13.7. The lowest BCUT2D eigenvalue weighted by Crippen LogP contribution is -2.36. The number of carbonyl (C=O) groups is 1. The van der Waals surface area contributed by atoms with Gasteiger partial charge in [0.2, 0.25) is 0 Å². The van der Waals surface area contributed by atoms with Crippen LogP contribution in [-0.2, 0) is 0 Å². The van der Waals surface area contributed by atoms with Gasteiger partial charge in [0.1, 0.15) is 11.0 Å². The SMILES string of the molecule is NC(=S)C(NC(=O)c1ccnnc1)c1ccccc1. The van der Waals surface area contributed by atoms with E-state index in [-0.39, 0.29) is 10.9 Å². The lowest BCUT2D eigenvalue weighted by atomic mass is 10.1. The van der Waals surface area contributed by atoms with E-state index in [0.717, 1.165) is 5.56 Å². The van der Waals surface area contributed by atoms with Crippen molar-refractivity contribution in [1.82, 2.24) is 15.5 Å². The second-order valence-electron chi connectivity index (χ2n) is 3.85. The summed E-state index contributed by atoms with van der Waals surface area (Å²) < 4.78 is 0. The van der Waals surface area contributed by atoms with E-state index >= 15 is 0 Å². The largest absolute Gasteiger partial charge is 0.391 e. The van der Waals surface area contributed by atoms with Crippen molar-refractivity contribution in [1.29, 1.82) is 0 Å². The van der Waals surface area contributed by atoms with Gasteiger partial charge < -0.3 is 11.1 Å². The predicted molar refractivity (Wildman–Crippen MR) is 75.5 cm³/mol. The molecule has 1 unspecified atom stereocenters. The van der Waals surface area contributed by atoms with Gasteiger partial charge in [-0.25, -0.2) is 0 Å². The van der Waals surface area contributed by atoms with Crippen LogP contribution in [0.2, 0.25) is 0 Å². The Labute approximate surface area is 115 Å². The van der Waals surface area contributed by atoms with E-state index in [1.807, 2.05) is 30.3 Å². The van der Waals surface area contributed by atoms with E-state index in [4.69, 9.17) is 18.0 Å². The maximum Gasteiger partial charge on any atom is 0.253 e. The fourth-order valence-electron chi connectivity index (χ4n) is 1.60. The first-order valence-electron chi connectivity index (χ1n) is 5.60. The number of rotatable bonds is 4. The van der Waals surface area contributed by atoms with Crippen molar-refractivity contribution in [3.8, 4) is 0 Å². The van der Waals surface area contributed by atoms with Crippen LogP contribution in [0.1, 0.15) is 22.0 Å². The Hall–Kier alpha value is -2.34. The highest BCUT2D eigenvalue weighted by Crippen LogP contribution is 2.13. The van der Waals surface area contributed by atoms with Gasteiger partial charge in [-0.15, -0.1) is 0 Å². The topological polar surface area (TPSA) is 80.9 Å². The van der Waals surface area contributed by atoms with Crippen molar-refractivity contribution in [3.05, 3.63) is 59.9 Å². The summed E-state index contributed by atoms with van der Waals surface area (Å²) in [5, 5.41) is 10.1. The molecule has 2 aromatic rings. The number of nitrogens with zero attached hydrogens (tertiary/aromatic N) is 2. The van der Waals surface area contributed by atoms with E-state index < -0.39 is 6.04 Å². The van der Waals surface area contributed by atoms with Crippen LogP contribution < -0.4 is 11.1 Å². The highest BCUT2D eigenvalue weighted by atomic mass is 32.1. The van der Waals surface area contributed by atoms with Gasteiger partial charge in [0, 0.05) is 0 Å². The summed E-state index contributed by atoms with van der Waals surface area (Å²) in [6.45, 7) is 0. The summed E-state index contributed by atoms with van der Waals surface area (Å²) in [6.07, 6.45) is 2.84. The molecule has 0 aliphatic carbocycles. The minimum absolute atomic E-state index is 0.210. The monoisotopic (exact) mass is 272 g/mol. The first-order chi connectivity index (χ1) is 9.18. The van der Waals surface area contributed by atoms with Gasteiger partial charge >= 0.3 is 0 Å². The van der Waals surface area contributed by atoms with Crippen LogP contribution in [0.25, 0.3) is 0 Å². The number of nitrogens with two attached hydrogens (primary N) is 1. The lowest BCUT2D eigenvalue weighted by molar-refractivity contribution is 0.0946. The average Bonchev–Trinajstić information content (AvgIpc) is 2.46. The molecule has 0 saturated heterocycles. The van der Waals surface area contributed by atoms with Crippen LogP contribution >= 0.6 is 12.2 Å². The molecular weight excluding hydrogens is 260 g/mol. The Morgan fingerprint density at radius 1 is 1.21 bits per heavy atom. The smallest absolute Gasteiger partial charge is 0.253 e. The third kappa shape index (κ3) is 3.32. The Kier molecular flexibility index (Phi) is 4.15. The number of carbonyl (C=O) groups excluding carboxylic acids is 1. The first kappa shape index (κ1) is 13.1. The maximum absolute atomic E-state index is 12.0. The normalized spacial score (nSPS) is 11.6. The van der Waals surface area contributed by atoms with Crippen LogP contribution in [0, 0.1) is 0 Å². The molecule has 1 aromatic carbocycles. The van der Waals surface area contributed by atoms with Crippen LogP contribution in [-0.4, -0.2) is 21.1 Å². The van der Waals surface area contributed by atoms with Gasteiger partial charge in [0.15, 0.2) is 0 Å². The van der Waals surface area contributed by atoms with Gasteiger partial charge in [0.25, 0.3) is 5.91 Å². The fourth-order valence-corrected chi connectivity index (χ4v) is 1.80. The number of hydrogen-bond donors (Lipinski definition) is 2. The van der Waals surface area contributed by atoms with Crippen LogP contribution in [0.4, 0.5) is 0 Å². The molecule has 0 fully saturated rings. The average molecular weight is 272 g/mol. The third-order valence-corrected chi connectivity index (χ3v) is 2.77. The Balaban J connectivity index is 2.19. The maximum atomic E-state index is 12.0. The van der Waals surface area contributed by atoms with Gasteiger partial charge in [-0.2, -0.15) is 10.2 Å². The van der Waals surface area contributed by atoms with Gasteiger partial charge in [-0.05, 0) is 11.6 Å². The highest BCUT2D eigenvalue weighted by molar-refractivity contribution is 7.80. The zero-order valence-corrected chi connectivity index (χ0v) is 10.8. The van der Waals surface area contributed by atoms with Crippen LogP contribution in [0.5, 0.6) is 0 Å². The van der Waals surface area contributed by atoms with Gasteiger partial charge in [0.05, 0.1) is 18.0 Å². The second kappa shape index (κ2) is 6.01. The zero-order valence-electron chi connectivity index (χ0n) is 9.98. The minimum atomic E-state index is -0.503. The summed E-state index contributed by atoms with van der Waals surface area (Å²) >= 11 is 5.00. The molecule has 19 heavy (non-hydrogen) atoms. The predicted octanol–water partition coefficient (Wildman–Crippen LogP) is 1.23. The summed E-state index contributed by atoms with van der Waals surface area (Å²) in [6, 6.07) is 10.4. The Morgan fingerprint density at radius 2 is 1.95 bits per heavy atom. The molecule has 0 saturated carbocycles. The molecule has 3 N–H and O–H groups in total. The molecule has 1 atom stereocenters. The van der Waals surface area contributed by atoms with Crippen molar-refractivity contribution in [3.63, 3.8) is 0 Å². The van der Waals surface area contributed by atoms with E-state index in [1.165, 1.54) is 12.4 Å². The Bertz CT molecular complexity index is 574. The minimum Gasteiger partial charge on any atom is -0.391 e. The van der Waals surface area contributed by atoms with Crippen LogP contribution in [0.3, 0.4) is 0 Å². The molecule has 0 aliphatic heterocycles. The number of benzene rings is 1. The van der Waals surface area contributed by atoms with Gasteiger partial charge in [-0.3, -0.25) is 4.79 Å². The molecule has 0 spiro atoms. The molecule has 2 rings (SSSR count). The highest BCUT2D eigenvalue weighted by Gasteiger charge is 2.18. The van der Waals surface area contributed by atoms with E-state index in [0.29, 0.717) is 5.56 Å². The number of thiocarbonyl (C=S) groups is 1. The molecule has 1 amide bonds. The quantitative estimate of drug-likeness (QED) is 0.818. The summed E-state index contributed by atoms with van der Waals surface area (Å²) in [5.41, 5.74) is 6.93. The van der Waals surface area contributed by atoms with Crippen molar-refractivity contribution < 1.29 is 4.79 Å². The summed E-state index contributed by atoms with van der Waals surface area (Å²) in [5.74, 6) is -0.295. The van der Waals surface area contributed by atoms with Crippen molar-refractivity contribution in [2.24, 2.45) is 5.73 Å². The van der Waals surface area contributed by atoms with Crippen molar-refractivity contribution >= 4 is 23.1 Å². The van der Waals surface area contributed by atoms with Crippen molar-refractivity contribution in [2.75, 3.05) is 0 Å². The standard InChI is InChI=1S/C13H12N4OS/c14-12(19)11(9-4-2-1-3-5-9)17-13(18)10-6-7-15-16-8-10/h1-8,11H,(H2,14,19)(H,17,18). The molecule has 0 bridgehead atoms. The molecule has 6 heteroatoms. The summed E-state index contributed by atoms with van der Waals surface area (Å²) in [7, 11) is 0. The number of aromatic nitrogens is 2. The molecule has 0 radical (unpaired) electrons. The third-order valence-electron chi connectivity index (χ3n) is 2.54. The summed E-state index contributed by atoms with van der Waals surface area (Å²) in [4.78, 5) is 12.2. The molecule has 0 aliphatic rings. The van der Waals surface area contributed by atoms with Gasteiger partial charge in [-0.1, -0.05) is 42.5 Å². The van der Waals surface area contributed by atoms with Crippen molar-refractivity contribution in [2.45, 2.75) is 6.04 Å². The molecule has 96 valence electrons. The second-order valence-corrected chi connectivity index (χ2v) is 4.32. The van der Waals surface area contributed by atoms with E-state index in [9.17, 15) is 4.79 Å². The fraction of sp³-hybridized carbons (Fsp3) is 0.0769. The molecule has 1 heterocycles. The van der Waals surface area contributed by atoms with E-state index in [1.54, 1.807) is 6.07 Å². The number of hydrogen-bond acceptors (Lipinski definition) is 4. The first-order valence-corrected chi connectivity index (χ1v) is 6.01. The Morgan fingerprint density at radius 3 is 2.53 bits per heavy atom. The molecular formula is C13H12N4OS. The van der Waals surface area contributed by atoms with E-state index in [2.05, 4.69) is 15.5 Å². The number of nitrogens with one attached hydrogen (secondary N) is 1. The number of amides is 1. The molecule has 1 aromatic heterocycles. The lowest BCUT2D eigenvalue weighted by Gasteiger charge is -2.17. The van der Waals surface area contributed by atoms with Crippen LogP contribution in [0.15, 0.2) is 48.8 Å².